The van der Waals surface area contributed by atoms with Gasteiger partial charge in [0.15, 0.2) is 11.5 Å². The molecule has 0 atom stereocenters. The third-order valence-corrected chi connectivity index (χ3v) is 5.28. The van der Waals surface area contributed by atoms with Crippen molar-refractivity contribution in [2.75, 3.05) is 50.8 Å². The maximum absolute atomic E-state index is 12.2. The first-order valence-corrected chi connectivity index (χ1v) is 10.2. The van der Waals surface area contributed by atoms with Crippen molar-refractivity contribution < 1.29 is 9.47 Å². The molecule has 162 valence electrons. The molecule has 1 fully saturated rings. The average molecular weight is 415 g/mol. The normalized spacial score (nSPS) is 14.5. The van der Waals surface area contributed by atoms with Crippen molar-refractivity contribution in [3.63, 3.8) is 0 Å². The van der Waals surface area contributed by atoms with E-state index in [-0.39, 0.29) is 11.2 Å². The zero-order valence-corrected chi connectivity index (χ0v) is 17.7. The van der Waals surface area contributed by atoms with E-state index in [0.717, 1.165) is 55.2 Å². The van der Waals surface area contributed by atoms with Gasteiger partial charge in [-0.2, -0.15) is 0 Å². The van der Waals surface area contributed by atoms with Gasteiger partial charge in [-0.3, -0.25) is 18.8 Å². The summed E-state index contributed by atoms with van der Waals surface area (Å²) in [5, 5.41) is 0. The van der Waals surface area contributed by atoms with E-state index in [1.54, 1.807) is 13.1 Å². The van der Waals surface area contributed by atoms with Gasteiger partial charge in [0.25, 0.3) is 5.56 Å². The highest BCUT2D eigenvalue weighted by Gasteiger charge is 2.20. The summed E-state index contributed by atoms with van der Waals surface area (Å²) in [5.74, 6) is 2.16. The fraction of sp³-hybridized carbons (Fsp3) is 0.455. The van der Waals surface area contributed by atoms with Crippen molar-refractivity contribution in [1.29, 1.82) is 0 Å². The largest absolute Gasteiger partial charge is 0.490 e. The Hall–Kier alpha value is -3.00. The van der Waals surface area contributed by atoms with Gasteiger partial charge in [-0.25, -0.2) is 4.79 Å². The molecule has 0 spiro atoms. The maximum Gasteiger partial charge on any atom is 0.332 e. The van der Waals surface area contributed by atoms with Crippen LogP contribution in [0.15, 0.2) is 52.6 Å². The molecular formula is C22H30N4O4. The summed E-state index contributed by atoms with van der Waals surface area (Å²) in [5.41, 5.74) is -0.570. The molecule has 2 heterocycles. The Morgan fingerprint density at radius 1 is 1.00 bits per heavy atom. The number of ether oxygens (including phenoxy) is 2. The predicted octanol–water partition coefficient (Wildman–Crippen LogP) is 1.24. The molecule has 8 heteroatoms. The molecular weight excluding hydrogens is 384 g/mol. The van der Waals surface area contributed by atoms with Crippen molar-refractivity contribution in [1.82, 2.24) is 14.0 Å². The molecule has 0 radical (unpaired) electrons. The molecule has 0 N–H and O–H groups in total. The van der Waals surface area contributed by atoms with Gasteiger partial charge in [-0.15, -0.1) is 0 Å². The second-order valence-electron chi connectivity index (χ2n) is 7.32. The minimum absolute atomic E-state index is 0.273. The van der Waals surface area contributed by atoms with E-state index < -0.39 is 0 Å². The molecule has 1 aliphatic heterocycles. The molecule has 0 unspecified atom stereocenters. The second kappa shape index (κ2) is 10.2. The second-order valence-corrected chi connectivity index (χ2v) is 7.32. The lowest BCUT2D eigenvalue weighted by atomic mass is 10.3. The molecule has 1 aliphatic rings. The van der Waals surface area contributed by atoms with Crippen LogP contribution in [-0.4, -0.2) is 60.0 Å². The first kappa shape index (κ1) is 21.7. The number of rotatable bonds is 9. The molecule has 0 saturated carbocycles. The fourth-order valence-corrected chi connectivity index (χ4v) is 3.53. The van der Waals surface area contributed by atoms with Gasteiger partial charge in [0, 0.05) is 52.9 Å². The van der Waals surface area contributed by atoms with Crippen LogP contribution >= 0.6 is 0 Å². The highest BCUT2D eigenvalue weighted by molar-refractivity contribution is 5.40. The summed E-state index contributed by atoms with van der Waals surface area (Å²) in [6.07, 6.45) is 2.61. The summed E-state index contributed by atoms with van der Waals surface area (Å²) in [6.45, 7) is 8.96. The number of piperazine rings is 1. The van der Waals surface area contributed by atoms with Crippen molar-refractivity contribution in [2.45, 2.75) is 6.42 Å². The smallest absolute Gasteiger partial charge is 0.332 e. The fourth-order valence-electron chi connectivity index (χ4n) is 3.53. The van der Waals surface area contributed by atoms with Crippen LogP contribution in [0.5, 0.6) is 11.5 Å². The van der Waals surface area contributed by atoms with E-state index in [2.05, 4.69) is 16.4 Å². The van der Waals surface area contributed by atoms with Crippen LogP contribution in [0.3, 0.4) is 0 Å². The van der Waals surface area contributed by atoms with Crippen LogP contribution in [0.2, 0.25) is 0 Å². The zero-order chi connectivity index (χ0) is 21.5. The van der Waals surface area contributed by atoms with Crippen LogP contribution in [0.25, 0.3) is 0 Å². The summed E-state index contributed by atoms with van der Waals surface area (Å²) in [7, 11) is 3.20. The van der Waals surface area contributed by atoms with Crippen LogP contribution in [0.4, 0.5) is 5.82 Å². The number of hydrogen-bond acceptors (Lipinski definition) is 6. The summed E-state index contributed by atoms with van der Waals surface area (Å²) in [4.78, 5) is 28.6. The Morgan fingerprint density at radius 2 is 1.67 bits per heavy atom. The molecule has 1 aromatic carbocycles. The Morgan fingerprint density at radius 3 is 2.33 bits per heavy atom. The van der Waals surface area contributed by atoms with Crippen molar-refractivity contribution in [3.05, 3.63) is 63.8 Å². The molecule has 0 aliphatic carbocycles. The molecule has 1 aromatic heterocycles. The monoisotopic (exact) mass is 414 g/mol. The van der Waals surface area contributed by atoms with E-state index in [1.807, 2.05) is 24.3 Å². The molecule has 0 amide bonds. The van der Waals surface area contributed by atoms with E-state index in [1.165, 1.54) is 17.7 Å². The lowest BCUT2D eigenvalue weighted by Crippen LogP contribution is -2.49. The van der Waals surface area contributed by atoms with Gasteiger partial charge in [0.05, 0.1) is 6.61 Å². The number of aromatic nitrogens is 2. The first-order valence-electron chi connectivity index (χ1n) is 10.2. The molecule has 3 rings (SSSR count). The third-order valence-electron chi connectivity index (χ3n) is 5.28. The van der Waals surface area contributed by atoms with Gasteiger partial charge in [-0.1, -0.05) is 24.8 Å². The minimum atomic E-state index is -0.297. The number of hydrogen-bond donors (Lipinski definition) is 0. The van der Waals surface area contributed by atoms with E-state index >= 15 is 0 Å². The summed E-state index contributed by atoms with van der Waals surface area (Å²) >= 11 is 0. The number of nitrogens with zero attached hydrogens (tertiary/aromatic N) is 4. The Labute approximate surface area is 176 Å². The maximum atomic E-state index is 12.2. The lowest BCUT2D eigenvalue weighted by Gasteiger charge is -2.36. The first-order chi connectivity index (χ1) is 14.5. The van der Waals surface area contributed by atoms with Crippen LogP contribution in [-0.2, 0) is 14.1 Å². The minimum Gasteiger partial charge on any atom is -0.490 e. The molecule has 8 nitrogen and oxygen atoms in total. The van der Waals surface area contributed by atoms with Gasteiger partial charge >= 0.3 is 5.69 Å². The van der Waals surface area contributed by atoms with E-state index in [4.69, 9.17) is 9.47 Å². The summed E-state index contributed by atoms with van der Waals surface area (Å²) < 4.78 is 14.2. The molecule has 30 heavy (non-hydrogen) atoms. The van der Waals surface area contributed by atoms with Gasteiger partial charge in [-0.05, 0) is 18.6 Å². The average Bonchev–Trinajstić information content (AvgIpc) is 2.77. The quantitative estimate of drug-likeness (QED) is 0.454. The SMILES string of the molecule is C=CCOc1ccccc1OCCCN1CCN(c2cc(=O)n(C)c(=O)n2C)CC1. The van der Waals surface area contributed by atoms with Crippen molar-refractivity contribution >= 4 is 5.82 Å². The Kier molecular flexibility index (Phi) is 7.35. The third kappa shape index (κ3) is 5.13. The predicted molar refractivity (Wildman–Crippen MR) is 118 cm³/mol. The molecule has 0 bridgehead atoms. The number of para-hydroxylation sites is 2. The van der Waals surface area contributed by atoms with Gasteiger partial charge in [0.2, 0.25) is 0 Å². The van der Waals surface area contributed by atoms with Gasteiger partial charge < -0.3 is 14.4 Å². The van der Waals surface area contributed by atoms with Crippen molar-refractivity contribution in [3.8, 4) is 11.5 Å². The molecule has 2 aromatic rings. The number of benzene rings is 1. The van der Waals surface area contributed by atoms with Crippen LogP contribution in [0, 0.1) is 0 Å². The van der Waals surface area contributed by atoms with Gasteiger partial charge in [0.1, 0.15) is 12.4 Å². The Bertz CT molecular complexity index is 974. The highest BCUT2D eigenvalue weighted by atomic mass is 16.5. The zero-order valence-electron chi connectivity index (χ0n) is 17.7. The van der Waals surface area contributed by atoms with Crippen molar-refractivity contribution in [2.24, 2.45) is 14.1 Å². The van der Waals surface area contributed by atoms with Crippen LogP contribution < -0.4 is 25.6 Å². The number of anilines is 1. The van der Waals surface area contributed by atoms with E-state index in [0.29, 0.717) is 19.0 Å². The Balaban J connectivity index is 1.46. The molecule has 1 saturated heterocycles. The standard InChI is InChI=1S/C22H30N4O4/c1-4-15-29-18-8-5-6-9-19(18)30-16-7-10-25-11-13-26(14-12-25)20-17-21(27)24(3)22(28)23(20)2/h4-6,8-9,17H,1,7,10-16H2,2-3H3. The lowest BCUT2D eigenvalue weighted by molar-refractivity contribution is 0.219. The highest BCUT2D eigenvalue weighted by Crippen LogP contribution is 2.26. The summed E-state index contributed by atoms with van der Waals surface area (Å²) in [6, 6.07) is 9.19. The topological polar surface area (TPSA) is 68.9 Å². The van der Waals surface area contributed by atoms with E-state index in [9.17, 15) is 9.59 Å². The van der Waals surface area contributed by atoms with Crippen LogP contribution in [0.1, 0.15) is 6.42 Å².